The fourth-order valence-electron chi connectivity index (χ4n) is 2.92. The van der Waals surface area contributed by atoms with Crippen molar-refractivity contribution >= 4 is 0 Å². The number of unbranched alkanes of at least 4 members (excludes halogenated alkanes) is 2. The van der Waals surface area contributed by atoms with Crippen LogP contribution in [0.5, 0.6) is 11.5 Å². The smallest absolute Gasteiger partial charge is 0.161 e. The molecule has 5 heteroatoms. The van der Waals surface area contributed by atoms with Crippen molar-refractivity contribution in [3.05, 3.63) is 23.8 Å². The van der Waals surface area contributed by atoms with E-state index in [0.717, 1.165) is 49.7 Å². The maximum absolute atomic E-state index is 9.64. The zero-order valence-corrected chi connectivity index (χ0v) is 14.9. The maximum atomic E-state index is 9.64. The normalized spacial score (nSPS) is 16.4. The average molecular weight is 331 g/mol. The molecule has 2 rings (SSSR count). The molecule has 0 aliphatic carbocycles. The Kier molecular flexibility index (Phi) is 7.87. The molecule has 0 saturated carbocycles. The van der Waals surface area contributed by atoms with E-state index in [1.54, 1.807) is 0 Å². The molecule has 1 unspecified atom stereocenters. The van der Waals surface area contributed by atoms with Crippen molar-refractivity contribution in [3.8, 4) is 17.6 Å². The summed E-state index contributed by atoms with van der Waals surface area (Å²) in [6.07, 6.45) is 3.39. The van der Waals surface area contributed by atoms with Gasteiger partial charge in [0.25, 0.3) is 0 Å². The summed E-state index contributed by atoms with van der Waals surface area (Å²) in [5.41, 5.74) is 0.976. The minimum absolute atomic E-state index is 0.236. The van der Waals surface area contributed by atoms with Gasteiger partial charge in [0.15, 0.2) is 11.5 Å². The minimum Gasteiger partial charge on any atom is -0.490 e. The second-order valence-electron chi connectivity index (χ2n) is 6.01. The van der Waals surface area contributed by atoms with Crippen molar-refractivity contribution in [1.82, 2.24) is 10.2 Å². The Morgan fingerprint density at radius 1 is 1.17 bits per heavy atom. The third kappa shape index (κ3) is 5.12. The van der Waals surface area contributed by atoms with E-state index in [1.165, 1.54) is 12.8 Å². The van der Waals surface area contributed by atoms with E-state index < -0.39 is 0 Å². The van der Waals surface area contributed by atoms with E-state index in [9.17, 15) is 5.26 Å². The Morgan fingerprint density at radius 3 is 2.62 bits per heavy atom. The summed E-state index contributed by atoms with van der Waals surface area (Å²) in [4.78, 5) is 2.21. The molecular formula is C19H29N3O2. The number of nitrogens with one attached hydrogen (secondary N) is 1. The van der Waals surface area contributed by atoms with Crippen molar-refractivity contribution in [3.63, 3.8) is 0 Å². The summed E-state index contributed by atoms with van der Waals surface area (Å²) in [6.45, 7) is 9.05. The van der Waals surface area contributed by atoms with Gasteiger partial charge in [0, 0.05) is 26.2 Å². The van der Waals surface area contributed by atoms with Gasteiger partial charge in [-0.15, -0.1) is 0 Å². The lowest BCUT2D eigenvalue weighted by molar-refractivity contribution is 0.206. The molecule has 1 aliphatic heterocycles. The van der Waals surface area contributed by atoms with Crippen LogP contribution in [0.2, 0.25) is 0 Å². The molecule has 5 nitrogen and oxygen atoms in total. The number of nitrogens with zero attached hydrogens (tertiary/aromatic N) is 2. The molecule has 1 atom stereocenters. The van der Waals surface area contributed by atoms with Gasteiger partial charge in [-0.2, -0.15) is 5.26 Å². The first-order valence-corrected chi connectivity index (χ1v) is 9.04. The first kappa shape index (κ1) is 18.6. The standard InChI is InChI=1S/C19H29N3O2/c1-3-5-6-13-24-18-8-7-16(14-19(18)23-4-2)17(15-20)22-11-9-21-10-12-22/h7-8,14,17,21H,3-6,9-13H2,1-2H3. The molecule has 0 amide bonds. The fraction of sp³-hybridized carbons (Fsp3) is 0.632. The van der Waals surface area contributed by atoms with Crippen molar-refractivity contribution in [1.29, 1.82) is 5.26 Å². The first-order chi connectivity index (χ1) is 11.8. The third-order valence-corrected chi connectivity index (χ3v) is 4.23. The highest BCUT2D eigenvalue weighted by Crippen LogP contribution is 2.32. The molecule has 24 heavy (non-hydrogen) atoms. The summed E-state index contributed by atoms with van der Waals surface area (Å²) in [7, 11) is 0. The third-order valence-electron chi connectivity index (χ3n) is 4.23. The molecule has 1 aromatic rings. The topological polar surface area (TPSA) is 57.5 Å². The van der Waals surface area contributed by atoms with Gasteiger partial charge in [-0.05, 0) is 31.0 Å². The number of rotatable bonds is 9. The number of benzene rings is 1. The first-order valence-electron chi connectivity index (χ1n) is 9.04. The summed E-state index contributed by atoms with van der Waals surface area (Å²) >= 11 is 0. The van der Waals surface area contributed by atoms with Crippen LogP contribution in [0.1, 0.15) is 44.7 Å². The van der Waals surface area contributed by atoms with Crippen molar-refractivity contribution in [2.75, 3.05) is 39.4 Å². The fourth-order valence-corrected chi connectivity index (χ4v) is 2.92. The van der Waals surface area contributed by atoms with Crippen LogP contribution in [0.4, 0.5) is 0 Å². The second-order valence-corrected chi connectivity index (χ2v) is 6.01. The quantitative estimate of drug-likeness (QED) is 0.705. The summed E-state index contributed by atoms with van der Waals surface area (Å²) < 4.78 is 11.6. The molecule has 0 bridgehead atoms. The molecule has 1 heterocycles. The Bertz CT molecular complexity index is 536. The largest absolute Gasteiger partial charge is 0.490 e. The Hall–Kier alpha value is -1.77. The lowest BCUT2D eigenvalue weighted by atomic mass is 10.0. The Balaban J connectivity index is 2.12. The zero-order chi connectivity index (χ0) is 17.2. The molecule has 0 aromatic heterocycles. The van der Waals surface area contributed by atoms with E-state index in [4.69, 9.17) is 9.47 Å². The Labute approximate surface area is 145 Å². The molecule has 1 aromatic carbocycles. The van der Waals surface area contributed by atoms with Gasteiger partial charge in [0.2, 0.25) is 0 Å². The molecule has 0 radical (unpaired) electrons. The number of hydrogen-bond donors (Lipinski definition) is 1. The number of ether oxygens (including phenoxy) is 2. The lowest BCUT2D eigenvalue weighted by Crippen LogP contribution is -2.44. The van der Waals surface area contributed by atoms with Crippen LogP contribution in [0.3, 0.4) is 0 Å². The van der Waals surface area contributed by atoms with Crippen LogP contribution in [0, 0.1) is 11.3 Å². The van der Waals surface area contributed by atoms with Gasteiger partial charge >= 0.3 is 0 Å². The molecule has 1 aliphatic rings. The van der Waals surface area contributed by atoms with Gasteiger partial charge in [-0.1, -0.05) is 25.8 Å². The van der Waals surface area contributed by atoms with Crippen LogP contribution < -0.4 is 14.8 Å². The van der Waals surface area contributed by atoms with E-state index in [0.29, 0.717) is 13.2 Å². The van der Waals surface area contributed by atoms with Gasteiger partial charge in [-0.25, -0.2) is 0 Å². The molecule has 1 saturated heterocycles. The monoisotopic (exact) mass is 331 g/mol. The van der Waals surface area contributed by atoms with E-state index in [1.807, 2.05) is 25.1 Å². The van der Waals surface area contributed by atoms with E-state index in [-0.39, 0.29) is 6.04 Å². The van der Waals surface area contributed by atoms with Crippen molar-refractivity contribution in [2.45, 2.75) is 39.2 Å². The number of hydrogen-bond acceptors (Lipinski definition) is 5. The molecule has 0 spiro atoms. The Morgan fingerprint density at radius 2 is 1.96 bits per heavy atom. The maximum Gasteiger partial charge on any atom is 0.161 e. The zero-order valence-electron chi connectivity index (χ0n) is 14.9. The van der Waals surface area contributed by atoms with Crippen LogP contribution in [-0.2, 0) is 0 Å². The van der Waals surface area contributed by atoms with Gasteiger partial charge in [-0.3, -0.25) is 4.90 Å². The molecule has 1 N–H and O–H groups in total. The van der Waals surface area contributed by atoms with Crippen LogP contribution >= 0.6 is 0 Å². The second kappa shape index (κ2) is 10.2. The summed E-state index contributed by atoms with van der Waals surface area (Å²) in [5.74, 6) is 1.51. The van der Waals surface area contributed by atoms with Crippen LogP contribution in [0.25, 0.3) is 0 Å². The highest BCUT2D eigenvalue weighted by Gasteiger charge is 2.23. The molecule has 132 valence electrons. The van der Waals surface area contributed by atoms with Crippen molar-refractivity contribution < 1.29 is 9.47 Å². The number of piperazine rings is 1. The predicted molar refractivity (Wildman–Crippen MR) is 95.4 cm³/mol. The van der Waals surface area contributed by atoms with Gasteiger partial charge in [0.1, 0.15) is 6.04 Å². The summed E-state index contributed by atoms with van der Waals surface area (Å²) in [6, 6.07) is 8.11. The highest BCUT2D eigenvalue weighted by molar-refractivity contribution is 5.45. The van der Waals surface area contributed by atoms with Crippen molar-refractivity contribution in [2.24, 2.45) is 0 Å². The SMILES string of the molecule is CCCCCOc1ccc(C(C#N)N2CCNCC2)cc1OCC. The minimum atomic E-state index is -0.236. The van der Waals surface area contributed by atoms with E-state index >= 15 is 0 Å². The highest BCUT2D eigenvalue weighted by atomic mass is 16.5. The average Bonchev–Trinajstić information content (AvgIpc) is 2.62. The van der Waals surface area contributed by atoms with Gasteiger partial charge in [0.05, 0.1) is 19.3 Å². The van der Waals surface area contributed by atoms with Crippen LogP contribution in [0.15, 0.2) is 18.2 Å². The molecule has 1 fully saturated rings. The molecular weight excluding hydrogens is 302 g/mol. The predicted octanol–water partition coefficient (Wildman–Crippen LogP) is 3.12. The summed E-state index contributed by atoms with van der Waals surface area (Å²) in [5, 5.41) is 13.0. The van der Waals surface area contributed by atoms with Crippen LogP contribution in [-0.4, -0.2) is 44.3 Å². The van der Waals surface area contributed by atoms with E-state index in [2.05, 4.69) is 23.2 Å². The number of nitriles is 1. The van der Waals surface area contributed by atoms with Gasteiger partial charge < -0.3 is 14.8 Å². The lowest BCUT2D eigenvalue weighted by Gasteiger charge is -2.31.